The predicted octanol–water partition coefficient (Wildman–Crippen LogP) is 5.58. The molecular formula is C23H28O3S. The molecule has 1 aliphatic carbocycles. The first-order valence-electron chi connectivity index (χ1n) is 9.58. The highest BCUT2D eigenvalue weighted by Gasteiger charge is 2.44. The van der Waals surface area contributed by atoms with Crippen LogP contribution in [0.2, 0.25) is 0 Å². The lowest BCUT2D eigenvalue weighted by molar-refractivity contribution is 0.0601. The minimum Gasteiger partial charge on any atom is -0.492 e. The first-order valence-corrected chi connectivity index (χ1v) is 10.5. The second-order valence-corrected chi connectivity index (χ2v) is 10.4. The molecule has 0 N–H and O–H groups in total. The van der Waals surface area contributed by atoms with Gasteiger partial charge in [0, 0.05) is 15.8 Å². The lowest BCUT2D eigenvalue weighted by Gasteiger charge is -2.42. The largest absolute Gasteiger partial charge is 0.492 e. The lowest BCUT2D eigenvalue weighted by Crippen LogP contribution is -2.34. The Balaban J connectivity index is 1.85. The molecule has 0 amide bonds. The van der Waals surface area contributed by atoms with Crippen molar-refractivity contribution in [1.29, 1.82) is 0 Å². The van der Waals surface area contributed by atoms with Gasteiger partial charge < -0.3 is 9.47 Å². The molecular weight excluding hydrogens is 356 g/mol. The van der Waals surface area contributed by atoms with Crippen LogP contribution in [0.1, 0.15) is 79.4 Å². The van der Waals surface area contributed by atoms with Crippen LogP contribution in [0.5, 0.6) is 5.75 Å². The van der Waals surface area contributed by atoms with Gasteiger partial charge in [0.2, 0.25) is 0 Å². The Kier molecular flexibility index (Phi) is 4.01. The smallest absolute Gasteiger partial charge is 0.338 e. The van der Waals surface area contributed by atoms with Crippen molar-refractivity contribution in [3.8, 4) is 5.75 Å². The fraction of sp³-hybridized carbons (Fsp3) is 0.522. The number of hydrogen-bond acceptors (Lipinski definition) is 4. The fourth-order valence-electron chi connectivity index (χ4n) is 4.50. The van der Waals surface area contributed by atoms with Crippen LogP contribution in [0.25, 0.3) is 0 Å². The molecule has 1 atom stereocenters. The number of thiophene rings is 1. The summed E-state index contributed by atoms with van der Waals surface area (Å²) in [5, 5.41) is 1.88. The van der Waals surface area contributed by atoms with Crippen molar-refractivity contribution in [2.75, 3.05) is 13.7 Å². The van der Waals surface area contributed by atoms with Crippen LogP contribution in [-0.2, 0) is 21.0 Å². The summed E-state index contributed by atoms with van der Waals surface area (Å²) in [6.07, 6.45) is 2.38. The quantitative estimate of drug-likeness (QED) is 0.634. The van der Waals surface area contributed by atoms with E-state index in [1.807, 2.05) is 11.4 Å². The highest BCUT2D eigenvalue weighted by atomic mass is 32.1. The highest BCUT2D eigenvalue weighted by molar-refractivity contribution is 7.10. The van der Waals surface area contributed by atoms with E-state index in [1.54, 1.807) is 11.3 Å². The lowest BCUT2D eigenvalue weighted by atomic mass is 9.62. The normalized spacial score (nSPS) is 24.7. The Morgan fingerprint density at radius 1 is 1.00 bits per heavy atom. The van der Waals surface area contributed by atoms with Crippen LogP contribution in [0.3, 0.4) is 0 Å². The number of fused-ring (bicyclic) bond motifs is 2. The van der Waals surface area contributed by atoms with Crippen LogP contribution in [0, 0.1) is 0 Å². The number of carbonyl (C=O) groups is 1. The van der Waals surface area contributed by atoms with Crippen molar-refractivity contribution >= 4 is 17.3 Å². The monoisotopic (exact) mass is 384 g/mol. The van der Waals surface area contributed by atoms with Crippen LogP contribution >= 0.6 is 11.3 Å². The van der Waals surface area contributed by atoms with Gasteiger partial charge in [-0.1, -0.05) is 33.8 Å². The summed E-state index contributed by atoms with van der Waals surface area (Å²) in [6, 6.07) is 6.63. The zero-order chi connectivity index (χ0) is 19.6. The minimum absolute atomic E-state index is 0.163. The van der Waals surface area contributed by atoms with Crippen molar-refractivity contribution in [2.45, 2.75) is 63.7 Å². The topological polar surface area (TPSA) is 35.5 Å². The van der Waals surface area contributed by atoms with E-state index in [9.17, 15) is 4.79 Å². The van der Waals surface area contributed by atoms with Crippen molar-refractivity contribution in [3.63, 3.8) is 0 Å². The van der Waals surface area contributed by atoms with E-state index in [4.69, 9.17) is 9.47 Å². The molecule has 0 spiro atoms. The summed E-state index contributed by atoms with van der Waals surface area (Å²) >= 11 is 1.61. The van der Waals surface area contributed by atoms with E-state index in [2.05, 4.69) is 46.8 Å². The summed E-state index contributed by atoms with van der Waals surface area (Å²) in [6.45, 7) is 12.2. The number of esters is 1. The first kappa shape index (κ1) is 18.5. The number of hydrogen-bond donors (Lipinski definition) is 0. The third kappa shape index (κ3) is 2.72. The molecule has 0 saturated carbocycles. The van der Waals surface area contributed by atoms with Gasteiger partial charge in [0.05, 0.1) is 18.1 Å². The molecule has 0 bridgehead atoms. The van der Waals surface area contributed by atoms with Crippen LogP contribution in [-0.4, -0.2) is 19.7 Å². The van der Waals surface area contributed by atoms with Gasteiger partial charge >= 0.3 is 5.97 Å². The van der Waals surface area contributed by atoms with Gasteiger partial charge in [0.15, 0.2) is 0 Å². The Morgan fingerprint density at radius 2 is 1.63 bits per heavy atom. The molecule has 1 aromatic heterocycles. The molecule has 144 valence electrons. The van der Waals surface area contributed by atoms with Gasteiger partial charge in [0.1, 0.15) is 12.4 Å². The van der Waals surface area contributed by atoms with E-state index < -0.39 is 0 Å². The van der Waals surface area contributed by atoms with Crippen molar-refractivity contribution in [2.24, 2.45) is 0 Å². The standard InChI is InChI=1S/C23H28O3S/c1-21(2)7-8-22(3,4)16-11-18-17(10-15(16)21)23(5,13-26-18)19-9-14(12-27-19)20(24)25-6/h9-12H,7-8,13H2,1-6H3. The predicted molar refractivity (Wildman–Crippen MR) is 109 cm³/mol. The van der Waals surface area contributed by atoms with Gasteiger partial charge in [-0.15, -0.1) is 11.3 Å². The van der Waals surface area contributed by atoms with Gasteiger partial charge in [-0.3, -0.25) is 0 Å². The number of ether oxygens (including phenoxy) is 2. The third-order valence-corrected chi connectivity index (χ3v) is 7.82. The molecule has 27 heavy (non-hydrogen) atoms. The van der Waals surface area contributed by atoms with Crippen LogP contribution < -0.4 is 4.74 Å². The van der Waals surface area contributed by atoms with E-state index in [-0.39, 0.29) is 22.2 Å². The number of benzene rings is 1. The van der Waals surface area contributed by atoms with Crippen LogP contribution in [0.15, 0.2) is 23.6 Å². The second-order valence-electron chi connectivity index (χ2n) is 9.47. The van der Waals surface area contributed by atoms with E-state index in [0.717, 1.165) is 10.6 Å². The average Bonchev–Trinajstić information content (AvgIpc) is 3.24. The Labute approximate surface area is 165 Å². The third-order valence-electron chi connectivity index (χ3n) is 6.63. The fourth-order valence-corrected chi connectivity index (χ4v) is 5.54. The molecule has 2 aliphatic rings. The summed E-state index contributed by atoms with van der Waals surface area (Å²) in [4.78, 5) is 13.0. The molecule has 3 nitrogen and oxygen atoms in total. The van der Waals surface area contributed by atoms with Crippen molar-refractivity contribution < 1.29 is 14.3 Å². The molecule has 0 fully saturated rings. The van der Waals surface area contributed by atoms with Gasteiger partial charge in [-0.2, -0.15) is 0 Å². The van der Waals surface area contributed by atoms with E-state index >= 15 is 0 Å². The second kappa shape index (κ2) is 5.84. The minimum atomic E-state index is -0.284. The molecule has 4 rings (SSSR count). The molecule has 1 aromatic carbocycles. The van der Waals surface area contributed by atoms with Gasteiger partial charge in [-0.25, -0.2) is 4.79 Å². The maximum Gasteiger partial charge on any atom is 0.338 e. The SMILES string of the molecule is COC(=O)c1csc(C2(C)COc3cc4c(cc32)C(C)(C)CCC4(C)C)c1. The number of rotatable bonds is 2. The summed E-state index contributed by atoms with van der Waals surface area (Å²) in [5.41, 5.74) is 4.82. The molecule has 2 aromatic rings. The van der Waals surface area contributed by atoms with E-state index in [0.29, 0.717) is 12.2 Å². The Bertz CT molecular complexity index is 922. The van der Waals surface area contributed by atoms with Crippen molar-refractivity contribution in [3.05, 3.63) is 50.7 Å². The zero-order valence-corrected chi connectivity index (χ0v) is 17.9. The first-order chi connectivity index (χ1) is 12.6. The maximum atomic E-state index is 11.9. The summed E-state index contributed by atoms with van der Waals surface area (Å²) in [5.74, 6) is 0.712. The molecule has 1 aliphatic heterocycles. The van der Waals surface area contributed by atoms with Gasteiger partial charge in [-0.05, 0) is 53.9 Å². The Hall–Kier alpha value is -1.81. The Morgan fingerprint density at radius 3 is 2.26 bits per heavy atom. The van der Waals surface area contributed by atoms with Gasteiger partial charge in [0.25, 0.3) is 0 Å². The number of methoxy groups -OCH3 is 1. The molecule has 4 heteroatoms. The van der Waals surface area contributed by atoms with Crippen LogP contribution in [0.4, 0.5) is 0 Å². The average molecular weight is 385 g/mol. The molecule has 1 unspecified atom stereocenters. The number of carbonyl (C=O) groups excluding carboxylic acids is 1. The van der Waals surface area contributed by atoms with E-state index in [1.165, 1.54) is 36.6 Å². The molecule has 2 heterocycles. The molecule has 0 radical (unpaired) electrons. The molecule has 0 saturated heterocycles. The summed E-state index contributed by atoms with van der Waals surface area (Å²) in [7, 11) is 1.42. The highest BCUT2D eigenvalue weighted by Crippen LogP contribution is 2.52. The van der Waals surface area contributed by atoms with Crippen molar-refractivity contribution in [1.82, 2.24) is 0 Å². The zero-order valence-electron chi connectivity index (χ0n) is 17.1. The summed E-state index contributed by atoms with van der Waals surface area (Å²) < 4.78 is 11.1. The maximum absolute atomic E-state index is 11.9.